The third kappa shape index (κ3) is 11.0. The van der Waals surface area contributed by atoms with Crippen LogP contribution in [0, 0.1) is 0 Å². The molecule has 310 valence electrons. The Labute approximate surface area is 345 Å². The first-order chi connectivity index (χ1) is 27.6. The fraction of sp³-hybridized carbons (Fsp3) is 0.571. The minimum atomic E-state index is -0.324. The number of carbonyl (C=O) groups excluding carboxylic acids is 3. The Morgan fingerprint density at radius 2 is 1.91 bits per heavy atom. The van der Waals surface area contributed by atoms with Crippen LogP contribution in [0.2, 0.25) is 5.02 Å². The molecule has 6 rings (SSSR count). The lowest BCUT2D eigenvalue weighted by Crippen LogP contribution is -2.58. The number of phenols is 1. The number of anilines is 1. The van der Waals surface area contributed by atoms with Crippen LogP contribution in [0.25, 0.3) is 0 Å². The van der Waals surface area contributed by atoms with Crippen LogP contribution in [0.5, 0.6) is 11.5 Å². The van der Waals surface area contributed by atoms with E-state index in [1.807, 2.05) is 27.3 Å². The second-order valence-corrected chi connectivity index (χ2v) is 16.5. The Kier molecular flexibility index (Phi) is 15.2. The molecule has 1 atom stereocenters. The van der Waals surface area contributed by atoms with Crippen LogP contribution in [-0.4, -0.2) is 126 Å². The molecule has 2 aromatic carbocycles. The van der Waals surface area contributed by atoms with Crippen molar-refractivity contribution in [2.75, 3.05) is 77.6 Å². The number of nitrogens with zero attached hydrogens (tertiary/aromatic N) is 4. The number of amides is 3. The molecule has 3 amide bonds. The number of ether oxygens (including phenoxy) is 3. The van der Waals surface area contributed by atoms with Gasteiger partial charge < -0.3 is 39.8 Å². The Morgan fingerprint density at radius 3 is 2.68 bits per heavy atom. The first kappa shape index (κ1) is 42.8. The molecular formula is C42H57ClN6O7S. The molecule has 0 radical (unpaired) electrons. The van der Waals surface area contributed by atoms with Gasteiger partial charge in [-0.3, -0.25) is 19.3 Å². The van der Waals surface area contributed by atoms with E-state index in [-0.39, 0.29) is 41.7 Å². The van der Waals surface area contributed by atoms with Gasteiger partial charge in [-0.15, -0.1) is 11.3 Å². The lowest BCUT2D eigenvalue weighted by molar-refractivity contribution is -0.134. The van der Waals surface area contributed by atoms with E-state index in [1.54, 1.807) is 23.5 Å². The van der Waals surface area contributed by atoms with Crippen molar-refractivity contribution in [3.8, 4) is 11.5 Å². The number of nitrogens with one attached hydrogen (secondary N) is 2. The molecule has 0 aliphatic carbocycles. The van der Waals surface area contributed by atoms with E-state index < -0.39 is 0 Å². The quantitative estimate of drug-likeness (QED) is 0.114. The number of aromatic nitrogens is 1. The van der Waals surface area contributed by atoms with Gasteiger partial charge in [0.25, 0.3) is 11.8 Å². The van der Waals surface area contributed by atoms with Gasteiger partial charge in [-0.25, -0.2) is 4.98 Å². The SMILES string of the molecule is CCc1nc(C(=O)N2CCOC3(CCN(Cc4cccc(CCOCCC(=O)N(CCNCCc5ccc(O)c6c5OCC(=O)N6)[C@H](C)CC)c4Cl)CC3)C2)cs1. The molecule has 15 heteroatoms. The highest BCUT2D eigenvalue weighted by Crippen LogP contribution is 2.39. The van der Waals surface area contributed by atoms with Crippen molar-refractivity contribution in [2.45, 2.75) is 83.9 Å². The minimum Gasteiger partial charge on any atom is -0.506 e. The van der Waals surface area contributed by atoms with Crippen LogP contribution < -0.4 is 15.4 Å². The summed E-state index contributed by atoms with van der Waals surface area (Å²) in [5.41, 5.74) is 3.54. The second-order valence-electron chi connectivity index (χ2n) is 15.1. The summed E-state index contributed by atoms with van der Waals surface area (Å²) in [7, 11) is 0. The van der Waals surface area contributed by atoms with E-state index >= 15 is 0 Å². The number of phenolic OH excluding ortho intramolecular Hbond substituents is 1. The molecular weight excluding hydrogens is 768 g/mol. The average Bonchev–Trinajstić information content (AvgIpc) is 3.71. The summed E-state index contributed by atoms with van der Waals surface area (Å²) in [6, 6.07) is 9.63. The summed E-state index contributed by atoms with van der Waals surface area (Å²) in [5, 5.41) is 19.8. The molecule has 1 aromatic heterocycles. The van der Waals surface area contributed by atoms with Gasteiger partial charge in [0.15, 0.2) is 12.4 Å². The number of fused-ring (bicyclic) bond motifs is 1. The summed E-state index contributed by atoms with van der Waals surface area (Å²) >= 11 is 8.49. The predicted octanol–water partition coefficient (Wildman–Crippen LogP) is 5.31. The summed E-state index contributed by atoms with van der Waals surface area (Å²) in [4.78, 5) is 48.9. The molecule has 3 aromatic rings. The van der Waals surface area contributed by atoms with Gasteiger partial charge in [0.05, 0.1) is 43.4 Å². The van der Waals surface area contributed by atoms with E-state index in [9.17, 15) is 19.5 Å². The van der Waals surface area contributed by atoms with E-state index in [0.29, 0.717) is 88.9 Å². The largest absolute Gasteiger partial charge is 0.506 e. The molecule has 0 saturated carbocycles. The number of aromatic hydroxyl groups is 1. The van der Waals surface area contributed by atoms with Crippen LogP contribution >= 0.6 is 22.9 Å². The van der Waals surface area contributed by atoms with E-state index in [0.717, 1.165) is 72.0 Å². The first-order valence-corrected chi connectivity index (χ1v) is 21.6. The molecule has 2 saturated heterocycles. The number of hydrogen-bond acceptors (Lipinski definition) is 11. The monoisotopic (exact) mass is 824 g/mol. The number of rotatable bonds is 18. The Hall–Kier alpha value is -3.79. The van der Waals surface area contributed by atoms with Crippen molar-refractivity contribution in [3.05, 3.63) is 68.1 Å². The molecule has 2 fully saturated rings. The van der Waals surface area contributed by atoms with Crippen molar-refractivity contribution in [2.24, 2.45) is 0 Å². The number of thiazole rings is 1. The zero-order valence-corrected chi connectivity index (χ0v) is 35.0. The molecule has 3 N–H and O–H groups in total. The van der Waals surface area contributed by atoms with E-state index in [2.05, 4.69) is 47.4 Å². The van der Waals surface area contributed by atoms with Crippen LogP contribution in [0.3, 0.4) is 0 Å². The summed E-state index contributed by atoms with van der Waals surface area (Å²) < 4.78 is 17.9. The number of piperidine rings is 1. The molecule has 13 nitrogen and oxygen atoms in total. The fourth-order valence-electron chi connectivity index (χ4n) is 7.72. The van der Waals surface area contributed by atoms with Gasteiger partial charge in [0, 0.05) is 55.7 Å². The first-order valence-electron chi connectivity index (χ1n) is 20.3. The van der Waals surface area contributed by atoms with Crippen LogP contribution in [0.1, 0.15) is 78.6 Å². The van der Waals surface area contributed by atoms with Gasteiger partial charge >= 0.3 is 0 Å². The normalized spacial score (nSPS) is 17.2. The maximum absolute atomic E-state index is 13.3. The number of likely N-dealkylation sites (tertiary alicyclic amines) is 1. The van der Waals surface area contributed by atoms with Crippen LogP contribution in [0.15, 0.2) is 35.7 Å². The van der Waals surface area contributed by atoms with Gasteiger partial charge in [-0.2, -0.15) is 0 Å². The summed E-state index contributed by atoms with van der Waals surface area (Å²) in [6.45, 7) is 13.0. The molecule has 57 heavy (non-hydrogen) atoms. The number of benzene rings is 2. The van der Waals surface area contributed by atoms with E-state index in [1.165, 1.54) is 0 Å². The number of aryl methyl sites for hydroxylation is 1. The van der Waals surface area contributed by atoms with Crippen LogP contribution in [-0.2, 0) is 44.9 Å². The third-order valence-electron chi connectivity index (χ3n) is 11.3. The molecule has 3 aliphatic heterocycles. The predicted molar refractivity (Wildman–Crippen MR) is 221 cm³/mol. The van der Waals surface area contributed by atoms with Gasteiger partial charge in [-0.05, 0) is 74.8 Å². The lowest BCUT2D eigenvalue weighted by Gasteiger charge is -2.47. The van der Waals surface area contributed by atoms with Crippen molar-refractivity contribution in [1.82, 2.24) is 25.0 Å². The third-order valence-corrected chi connectivity index (χ3v) is 12.8. The minimum absolute atomic E-state index is 0.00133. The Morgan fingerprint density at radius 1 is 1.11 bits per heavy atom. The number of hydrogen-bond donors (Lipinski definition) is 3. The summed E-state index contributed by atoms with van der Waals surface area (Å²) in [5.74, 6) is 0.261. The highest BCUT2D eigenvalue weighted by atomic mass is 35.5. The Bertz CT molecular complexity index is 1850. The van der Waals surface area contributed by atoms with Crippen molar-refractivity contribution >= 4 is 46.3 Å². The van der Waals surface area contributed by atoms with Gasteiger partial charge in [0.1, 0.15) is 17.1 Å². The smallest absolute Gasteiger partial charge is 0.273 e. The maximum atomic E-state index is 13.3. The zero-order valence-electron chi connectivity index (χ0n) is 33.4. The molecule has 4 heterocycles. The standard InChI is InChI=1S/C42H57ClN6O7S/c1-4-29(3)49(20-17-44-16-11-31-9-10-34(50)39-40(31)55-26-35(51)46-39)37(52)13-23-54-22-12-30-7-6-8-32(38(30)43)25-47-18-14-42(15-19-47)28-48(21-24-56-42)41(53)33-27-57-36(5-2)45-33/h6-10,27,29,44,50H,4-5,11-26,28H2,1-3H3,(H,46,51)/t29-/m1/s1. The van der Waals surface area contributed by atoms with Crippen molar-refractivity contribution < 1.29 is 33.7 Å². The number of morpholine rings is 1. The lowest BCUT2D eigenvalue weighted by atomic mass is 9.89. The molecule has 1 spiro atoms. The van der Waals surface area contributed by atoms with Gasteiger partial charge in [-0.1, -0.05) is 49.7 Å². The fourth-order valence-corrected chi connectivity index (χ4v) is 8.72. The zero-order chi connectivity index (χ0) is 40.4. The highest BCUT2D eigenvalue weighted by molar-refractivity contribution is 7.09. The molecule has 3 aliphatic rings. The summed E-state index contributed by atoms with van der Waals surface area (Å²) in [6.07, 6.45) is 4.98. The number of carbonyl (C=O) groups is 3. The van der Waals surface area contributed by atoms with Crippen LogP contribution in [0.4, 0.5) is 5.69 Å². The Balaban J connectivity index is 0.896. The molecule has 0 bridgehead atoms. The highest BCUT2D eigenvalue weighted by Gasteiger charge is 2.41. The van der Waals surface area contributed by atoms with E-state index in [4.69, 9.17) is 25.8 Å². The van der Waals surface area contributed by atoms with Crippen molar-refractivity contribution in [3.63, 3.8) is 0 Å². The van der Waals surface area contributed by atoms with Gasteiger partial charge in [0.2, 0.25) is 5.91 Å². The van der Waals surface area contributed by atoms with Crippen molar-refractivity contribution in [1.29, 1.82) is 0 Å². The molecule has 0 unspecified atom stereocenters. The second kappa shape index (κ2) is 20.3. The average molecular weight is 825 g/mol. The topological polar surface area (TPSA) is 146 Å². The maximum Gasteiger partial charge on any atom is 0.273 e. The number of halogens is 1.